The van der Waals surface area contributed by atoms with E-state index in [9.17, 15) is 4.79 Å². The number of ether oxygens (including phenoxy) is 1. The topological polar surface area (TPSA) is 66.2 Å². The third-order valence-corrected chi connectivity index (χ3v) is 2.59. The number of halogens is 1. The third-order valence-electron chi connectivity index (χ3n) is 1.95. The number of carbonyl (C=O) groups excluding carboxylic acids is 1. The lowest BCUT2D eigenvalue weighted by Crippen LogP contribution is -2.34. The van der Waals surface area contributed by atoms with Crippen molar-refractivity contribution in [1.82, 2.24) is 4.98 Å². The number of nitriles is 1. The average molecular weight is 312 g/mol. The van der Waals surface area contributed by atoms with Crippen LogP contribution in [-0.2, 0) is 4.74 Å². The van der Waals surface area contributed by atoms with Gasteiger partial charge in [-0.25, -0.2) is 9.78 Å². The summed E-state index contributed by atoms with van der Waals surface area (Å²) in [6.07, 6.45) is -0.513. The van der Waals surface area contributed by atoms with Crippen molar-refractivity contribution in [2.75, 3.05) is 11.9 Å². The number of amides is 1. The zero-order chi connectivity index (χ0) is 13.9. The van der Waals surface area contributed by atoms with Gasteiger partial charge in [0.25, 0.3) is 0 Å². The quantitative estimate of drug-likeness (QED) is 0.799. The molecule has 0 spiro atoms. The maximum absolute atomic E-state index is 11.8. The summed E-state index contributed by atoms with van der Waals surface area (Å²) in [4.78, 5) is 17.1. The standard InChI is InChI=1S/C12H14BrN3O2/c1-12(2,3)18-11(17)16(4)10-6-5-8(13)9(7-14)15-10/h5-6H,1-4H3. The Morgan fingerprint density at radius 1 is 1.50 bits per heavy atom. The molecule has 0 aliphatic heterocycles. The molecule has 0 saturated heterocycles. The van der Waals surface area contributed by atoms with Crippen molar-refractivity contribution in [3.05, 3.63) is 22.3 Å². The lowest BCUT2D eigenvalue weighted by Gasteiger charge is -2.24. The van der Waals surface area contributed by atoms with E-state index >= 15 is 0 Å². The van der Waals surface area contributed by atoms with Gasteiger partial charge in [0.15, 0.2) is 5.69 Å². The summed E-state index contributed by atoms with van der Waals surface area (Å²) in [5, 5.41) is 8.87. The van der Waals surface area contributed by atoms with Gasteiger partial charge in [-0.15, -0.1) is 0 Å². The van der Waals surface area contributed by atoms with Crippen molar-refractivity contribution in [3.8, 4) is 6.07 Å². The van der Waals surface area contributed by atoms with E-state index < -0.39 is 11.7 Å². The molecule has 0 N–H and O–H groups in total. The number of aromatic nitrogens is 1. The minimum Gasteiger partial charge on any atom is -0.443 e. The molecular weight excluding hydrogens is 298 g/mol. The minimum absolute atomic E-state index is 0.225. The molecule has 6 heteroatoms. The van der Waals surface area contributed by atoms with E-state index in [1.807, 2.05) is 6.07 Å². The van der Waals surface area contributed by atoms with E-state index in [2.05, 4.69) is 20.9 Å². The highest BCUT2D eigenvalue weighted by Gasteiger charge is 2.21. The Balaban J connectivity index is 2.95. The molecule has 1 aromatic heterocycles. The lowest BCUT2D eigenvalue weighted by atomic mass is 10.2. The summed E-state index contributed by atoms with van der Waals surface area (Å²) in [7, 11) is 1.55. The molecule has 0 bridgehead atoms. The monoisotopic (exact) mass is 311 g/mol. The SMILES string of the molecule is CN(C(=O)OC(C)(C)C)c1ccc(Br)c(C#N)n1. The molecule has 1 rings (SSSR count). The molecule has 0 aliphatic rings. The summed E-state index contributed by atoms with van der Waals surface area (Å²) in [5.41, 5.74) is -0.346. The van der Waals surface area contributed by atoms with Crippen LogP contribution >= 0.6 is 15.9 Å². The zero-order valence-electron chi connectivity index (χ0n) is 10.7. The van der Waals surface area contributed by atoms with Crippen LogP contribution in [0.3, 0.4) is 0 Å². The Kier molecular flexibility index (Phi) is 4.30. The maximum Gasteiger partial charge on any atom is 0.415 e. The van der Waals surface area contributed by atoms with Crippen molar-refractivity contribution in [2.24, 2.45) is 0 Å². The van der Waals surface area contributed by atoms with Crippen LogP contribution < -0.4 is 4.90 Å². The van der Waals surface area contributed by atoms with Gasteiger partial charge in [0.2, 0.25) is 0 Å². The van der Waals surface area contributed by atoms with Gasteiger partial charge in [-0.2, -0.15) is 5.26 Å². The van der Waals surface area contributed by atoms with Gasteiger partial charge in [0.05, 0.1) is 4.47 Å². The van der Waals surface area contributed by atoms with Crippen molar-refractivity contribution < 1.29 is 9.53 Å². The van der Waals surface area contributed by atoms with E-state index in [0.29, 0.717) is 10.3 Å². The van der Waals surface area contributed by atoms with E-state index in [0.717, 1.165) is 0 Å². The zero-order valence-corrected chi connectivity index (χ0v) is 12.3. The second-order valence-corrected chi connectivity index (χ2v) is 5.51. The average Bonchev–Trinajstić information content (AvgIpc) is 2.26. The number of hydrogen-bond donors (Lipinski definition) is 0. The first-order chi connectivity index (χ1) is 8.24. The number of hydrogen-bond acceptors (Lipinski definition) is 4. The van der Waals surface area contributed by atoms with Crippen LogP contribution in [0.15, 0.2) is 16.6 Å². The summed E-state index contributed by atoms with van der Waals surface area (Å²) < 4.78 is 5.80. The summed E-state index contributed by atoms with van der Waals surface area (Å²) >= 11 is 3.21. The fourth-order valence-electron chi connectivity index (χ4n) is 1.12. The Labute approximate surface area is 115 Å². The summed E-state index contributed by atoms with van der Waals surface area (Å²) in [6.45, 7) is 5.36. The number of rotatable bonds is 1. The third kappa shape index (κ3) is 3.70. The molecule has 96 valence electrons. The molecule has 0 aromatic carbocycles. The van der Waals surface area contributed by atoms with Crippen molar-refractivity contribution in [1.29, 1.82) is 5.26 Å². The first-order valence-corrected chi connectivity index (χ1v) is 6.07. The molecule has 18 heavy (non-hydrogen) atoms. The van der Waals surface area contributed by atoms with E-state index in [-0.39, 0.29) is 5.69 Å². The predicted octanol–water partition coefficient (Wildman–Crippen LogP) is 3.09. The fraction of sp³-hybridized carbons (Fsp3) is 0.417. The molecule has 0 saturated carbocycles. The van der Waals surface area contributed by atoms with Gasteiger partial charge < -0.3 is 4.74 Å². The van der Waals surface area contributed by atoms with Gasteiger partial charge in [0.1, 0.15) is 17.5 Å². The minimum atomic E-state index is -0.571. The molecule has 5 nitrogen and oxygen atoms in total. The van der Waals surface area contributed by atoms with Gasteiger partial charge in [-0.3, -0.25) is 4.90 Å². The number of carbonyl (C=O) groups is 1. The first-order valence-electron chi connectivity index (χ1n) is 5.28. The van der Waals surface area contributed by atoms with E-state index in [1.165, 1.54) is 4.90 Å². The van der Waals surface area contributed by atoms with Crippen LogP contribution in [0.4, 0.5) is 10.6 Å². The van der Waals surface area contributed by atoms with Crippen LogP contribution in [0, 0.1) is 11.3 Å². The highest BCUT2D eigenvalue weighted by atomic mass is 79.9. The fourth-order valence-corrected chi connectivity index (χ4v) is 1.43. The predicted molar refractivity (Wildman–Crippen MR) is 71.3 cm³/mol. The van der Waals surface area contributed by atoms with Crippen molar-refractivity contribution >= 4 is 27.8 Å². The van der Waals surface area contributed by atoms with Crippen LogP contribution in [0.25, 0.3) is 0 Å². The highest BCUT2D eigenvalue weighted by molar-refractivity contribution is 9.10. The van der Waals surface area contributed by atoms with Crippen molar-refractivity contribution in [2.45, 2.75) is 26.4 Å². The van der Waals surface area contributed by atoms with Gasteiger partial charge >= 0.3 is 6.09 Å². The van der Waals surface area contributed by atoms with Gasteiger partial charge in [-0.05, 0) is 48.8 Å². The van der Waals surface area contributed by atoms with Crippen molar-refractivity contribution in [3.63, 3.8) is 0 Å². The van der Waals surface area contributed by atoms with Crippen LogP contribution in [0.5, 0.6) is 0 Å². The van der Waals surface area contributed by atoms with Gasteiger partial charge in [-0.1, -0.05) is 0 Å². The molecule has 0 unspecified atom stereocenters. The highest BCUT2D eigenvalue weighted by Crippen LogP contribution is 2.20. The molecule has 0 aliphatic carbocycles. The smallest absolute Gasteiger partial charge is 0.415 e. The first kappa shape index (κ1) is 14.5. The Bertz CT molecular complexity index is 503. The number of anilines is 1. The van der Waals surface area contributed by atoms with Crippen LogP contribution in [0.2, 0.25) is 0 Å². The van der Waals surface area contributed by atoms with Gasteiger partial charge in [0, 0.05) is 7.05 Å². The van der Waals surface area contributed by atoms with E-state index in [1.54, 1.807) is 40.0 Å². The second-order valence-electron chi connectivity index (χ2n) is 4.65. The normalized spacial score (nSPS) is 10.7. The van der Waals surface area contributed by atoms with E-state index in [4.69, 9.17) is 10.00 Å². The number of pyridine rings is 1. The summed E-state index contributed by atoms with van der Waals surface area (Å²) in [6, 6.07) is 5.24. The van der Waals surface area contributed by atoms with Crippen LogP contribution in [0.1, 0.15) is 26.5 Å². The molecule has 1 amide bonds. The van der Waals surface area contributed by atoms with Crippen LogP contribution in [-0.4, -0.2) is 23.7 Å². The molecule has 0 radical (unpaired) electrons. The Hall–Kier alpha value is -1.61. The largest absolute Gasteiger partial charge is 0.443 e. The Morgan fingerprint density at radius 2 is 2.11 bits per heavy atom. The lowest BCUT2D eigenvalue weighted by molar-refractivity contribution is 0.0588. The summed E-state index contributed by atoms with van der Waals surface area (Å²) in [5.74, 6) is 0.365. The Morgan fingerprint density at radius 3 is 2.61 bits per heavy atom. The maximum atomic E-state index is 11.8. The molecule has 0 atom stereocenters. The number of nitrogens with zero attached hydrogens (tertiary/aromatic N) is 3. The molecular formula is C12H14BrN3O2. The molecule has 1 heterocycles. The molecule has 0 fully saturated rings. The second kappa shape index (κ2) is 5.36. The molecule has 1 aromatic rings.